The smallest absolute Gasteiger partial charge is 0.315 e. The number of benzene rings is 2. The van der Waals surface area contributed by atoms with Crippen LogP contribution in [0.15, 0.2) is 42.0 Å². The number of phenolic OH excluding ortho intramolecular Hbond substituents is 2. The minimum atomic E-state index is -1.02. The van der Waals surface area contributed by atoms with Crippen LogP contribution in [0.2, 0.25) is 0 Å². The lowest BCUT2D eigenvalue weighted by atomic mass is 10.1. The Bertz CT molecular complexity index is 1240. The highest BCUT2D eigenvalue weighted by Crippen LogP contribution is 2.38. The average molecular weight is 418 g/mol. The molecular weight excluding hydrogens is 404 g/mol. The van der Waals surface area contributed by atoms with Gasteiger partial charge in [0.15, 0.2) is 11.3 Å². The third kappa shape index (κ3) is 4.89. The number of nitro groups is 1. The fraction of sp³-hybridized carbons (Fsp3) is 0.0952. The Hall–Kier alpha value is -5.01. The number of carbonyl (C=O) groups is 1. The van der Waals surface area contributed by atoms with Crippen LogP contribution in [0.1, 0.15) is 16.7 Å². The number of nitrogens with zero attached hydrogens (tertiary/aromatic N) is 4. The Balaban J connectivity index is 2.34. The molecule has 31 heavy (non-hydrogen) atoms. The van der Waals surface area contributed by atoms with Gasteiger partial charge in [0.05, 0.1) is 17.0 Å². The molecule has 2 aromatic carbocycles. The molecule has 0 aromatic heterocycles. The highest BCUT2D eigenvalue weighted by molar-refractivity contribution is 6.03. The molecule has 0 saturated heterocycles. The van der Waals surface area contributed by atoms with Crippen molar-refractivity contribution in [2.75, 3.05) is 13.6 Å². The normalized spacial score (nSPS) is 10.5. The number of carbonyl (C=O) groups excluding carboxylic acids is 1. The third-order valence-electron chi connectivity index (χ3n) is 4.04. The predicted octanol–water partition coefficient (Wildman–Crippen LogP) is 2.18. The highest BCUT2D eigenvalue weighted by Gasteiger charge is 2.24. The lowest BCUT2D eigenvalue weighted by Crippen LogP contribution is -2.28. The van der Waals surface area contributed by atoms with Gasteiger partial charge in [-0.2, -0.15) is 10.5 Å². The second kappa shape index (κ2) is 9.46. The zero-order chi connectivity index (χ0) is 23.1. The SMILES string of the molecule is CN(CC#Cc1ccccc1C#N)C(=O)/C(C#N)=C(\O)c1cc(O)c(O)c([N+](=O)[O-])c1. The minimum absolute atomic E-state index is 0.155. The maximum Gasteiger partial charge on any atom is 0.315 e. The molecule has 0 atom stereocenters. The first-order valence-electron chi connectivity index (χ1n) is 8.48. The van der Waals surface area contributed by atoms with Crippen molar-refractivity contribution in [3.05, 3.63) is 68.8 Å². The summed E-state index contributed by atoms with van der Waals surface area (Å²) in [5.41, 5.74) is -1.26. The zero-order valence-electron chi connectivity index (χ0n) is 16.0. The van der Waals surface area contributed by atoms with E-state index in [0.29, 0.717) is 17.2 Å². The lowest BCUT2D eigenvalue weighted by Gasteiger charge is -2.14. The van der Waals surface area contributed by atoms with Gasteiger partial charge in [0.1, 0.15) is 17.9 Å². The van der Waals surface area contributed by atoms with Crippen LogP contribution in [-0.2, 0) is 4.79 Å². The number of nitriles is 2. The fourth-order valence-electron chi connectivity index (χ4n) is 2.43. The molecule has 154 valence electrons. The standard InChI is InChI=1S/C21H14N4O6/c1-24(8-4-7-13-5-2-3-6-14(13)11-22)21(29)16(12-23)19(27)15-9-17(25(30)31)20(28)18(26)10-15/h2-3,5-6,9-10,26-28H,8H2,1H3/b19-16-. The van der Waals surface area contributed by atoms with Gasteiger partial charge in [-0.05, 0) is 18.2 Å². The van der Waals surface area contributed by atoms with E-state index in [0.717, 1.165) is 11.0 Å². The van der Waals surface area contributed by atoms with Crippen molar-refractivity contribution >= 4 is 17.4 Å². The summed E-state index contributed by atoms with van der Waals surface area (Å²) in [5.74, 6) is 1.65. The number of aliphatic hydroxyl groups excluding tert-OH is 1. The van der Waals surface area contributed by atoms with E-state index in [4.69, 9.17) is 5.26 Å². The molecule has 0 heterocycles. The molecule has 2 rings (SSSR count). The summed E-state index contributed by atoms with van der Waals surface area (Å²) < 4.78 is 0. The Morgan fingerprint density at radius 2 is 1.84 bits per heavy atom. The van der Waals surface area contributed by atoms with Crippen LogP contribution >= 0.6 is 0 Å². The van der Waals surface area contributed by atoms with Gasteiger partial charge >= 0.3 is 5.69 Å². The van der Waals surface area contributed by atoms with Crippen LogP contribution < -0.4 is 0 Å². The maximum atomic E-state index is 12.5. The van der Waals surface area contributed by atoms with Gasteiger partial charge in [0, 0.05) is 24.2 Å². The summed E-state index contributed by atoms with van der Waals surface area (Å²) >= 11 is 0. The van der Waals surface area contributed by atoms with Crippen molar-refractivity contribution in [2.24, 2.45) is 0 Å². The van der Waals surface area contributed by atoms with Crippen LogP contribution in [0.3, 0.4) is 0 Å². The molecule has 3 N–H and O–H groups in total. The number of likely N-dealkylation sites (N-methyl/N-ethyl adjacent to an activating group) is 1. The molecular formula is C21H14N4O6. The van der Waals surface area contributed by atoms with Crippen molar-refractivity contribution in [1.29, 1.82) is 10.5 Å². The van der Waals surface area contributed by atoms with E-state index in [2.05, 4.69) is 11.8 Å². The molecule has 0 spiro atoms. The van der Waals surface area contributed by atoms with Crippen LogP contribution in [0.25, 0.3) is 5.76 Å². The van der Waals surface area contributed by atoms with Crippen LogP contribution in [0.4, 0.5) is 5.69 Å². The summed E-state index contributed by atoms with van der Waals surface area (Å²) in [6, 6.07) is 11.6. The Labute approximate surface area is 176 Å². The van der Waals surface area contributed by atoms with E-state index >= 15 is 0 Å². The molecule has 0 bridgehead atoms. The van der Waals surface area contributed by atoms with Crippen molar-refractivity contribution in [3.8, 4) is 35.5 Å². The molecule has 2 aromatic rings. The molecule has 0 radical (unpaired) electrons. The molecule has 0 unspecified atom stereocenters. The second-order valence-corrected chi connectivity index (χ2v) is 6.08. The van der Waals surface area contributed by atoms with Crippen LogP contribution in [0, 0.1) is 44.6 Å². The summed E-state index contributed by atoms with van der Waals surface area (Å²) in [4.78, 5) is 23.5. The fourth-order valence-corrected chi connectivity index (χ4v) is 2.43. The van der Waals surface area contributed by atoms with Gasteiger partial charge in [0.25, 0.3) is 5.91 Å². The Kier molecular flexibility index (Phi) is 6.80. The zero-order valence-corrected chi connectivity index (χ0v) is 16.0. The van der Waals surface area contributed by atoms with Crippen molar-refractivity contribution in [3.63, 3.8) is 0 Å². The molecule has 1 amide bonds. The van der Waals surface area contributed by atoms with Crippen molar-refractivity contribution < 1.29 is 25.0 Å². The minimum Gasteiger partial charge on any atom is -0.506 e. The van der Waals surface area contributed by atoms with E-state index < -0.39 is 44.9 Å². The topological polar surface area (TPSA) is 172 Å². The second-order valence-electron chi connectivity index (χ2n) is 6.08. The Morgan fingerprint density at radius 3 is 2.42 bits per heavy atom. The van der Waals surface area contributed by atoms with E-state index in [1.807, 2.05) is 6.07 Å². The molecule has 0 saturated carbocycles. The van der Waals surface area contributed by atoms with Gasteiger partial charge in [0.2, 0.25) is 5.75 Å². The highest BCUT2D eigenvalue weighted by atomic mass is 16.6. The lowest BCUT2D eigenvalue weighted by molar-refractivity contribution is -0.386. The number of hydrogen-bond donors (Lipinski definition) is 3. The first-order chi connectivity index (χ1) is 14.7. The third-order valence-corrected chi connectivity index (χ3v) is 4.04. The van der Waals surface area contributed by atoms with E-state index in [1.165, 1.54) is 13.1 Å². The van der Waals surface area contributed by atoms with Crippen molar-refractivity contribution in [2.45, 2.75) is 0 Å². The molecule has 0 aliphatic rings. The van der Waals surface area contributed by atoms with Gasteiger partial charge in [-0.15, -0.1) is 0 Å². The number of aromatic hydroxyl groups is 2. The maximum absolute atomic E-state index is 12.5. The number of hydrogen-bond acceptors (Lipinski definition) is 8. The number of rotatable bonds is 4. The molecule has 10 heteroatoms. The van der Waals surface area contributed by atoms with Gasteiger partial charge < -0.3 is 20.2 Å². The number of aliphatic hydroxyl groups is 1. The van der Waals surface area contributed by atoms with Crippen LogP contribution in [0.5, 0.6) is 11.5 Å². The van der Waals surface area contributed by atoms with Crippen molar-refractivity contribution in [1.82, 2.24) is 4.90 Å². The van der Waals surface area contributed by atoms with Gasteiger partial charge in [-0.1, -0.05) is 24.0 Å². The molecule has 10 nitrogen and oxygen atoms in total. The summed E-state index contributed by atoms with van der Waals surface area (Å²) in [6.07, 6.45) is 0. The first-order valence-corrected chi connectivity index (χ1v) is 8.48. The monoisotopic (exact) mass is 418 g/mol. The number of phenols is 2. The summed E-state index contributed by atoms with van der Waals surface area (Å²) in [7, 11) is 1.31. The van der Waals surface area contributed by atoms with E-state index in [9.17, 15) is 35.5 Å². The Morgan fingerprint density at radius 1 is 1.19 bits per heavy atom. The summed E-state index contributed by atoms with van der Waals surface area (Å²) in [6.45, 7) is -0.155. The quantitative estimate of drug-likeness (QED) is 0.129. The average Bonchev–Trinajstić information content (AvgIpc) is 2.75. The number of amides is 1. The van der Waals surface area contributed by atoms with E-state index in [1.54, 1.807) is 24.3 Å². The first kappa shape index (κ1) is 22.3. The predicted molar refractivity (Wildman–Crippen MR) is 107 cm³/mol. The van der Waals surface area contributed by atoms with E-state index in [-0.39, 0.29) is 6.54 Å². The molecule has 0 aliphatic carbocycles. The van der Waals surface area contributed by atoms with Gasteiger partial charge in [-0.3, -0.25) is 14.9 Å². The number of nitro benzene ring substituents is 1. The molecule has 0 aliphatic heterocycles. The molecule has 0 fully saturated rings. The summed E-state index contributed by atoms with van der Waals surface area (Å²) in [5, 5.41) is 58.8. The largest absolute Gasteiger partial charge is 0.506 e. The van der Waals surface area contributed by atoms with Crippen LogP contribution in [-0.4, -0.2) is 44.6 Å². The van der Waals surface area contributed by atoms with Gasteiger partial charge in [-0.25, -0.2) is 0 Å².